The Morgan fingerprint density at radius 2 is 1.85 bits per heavy atom. The number of carbonyl (C=O) groups is 2. The maximum absolute atomic E-state index is 12.4. The number of rotatable bonds is 8. The Kier molecular flexibility index (Phi) is 6.37. The molecule has 1 aromatic heterocycles. The summed E-state index contributed by atoms with van der Waals surface area (Å²) in [6, 6.07) is 7.65. The minimum atomic E-state index is -4.24. The molecule has 0 saturated carbocycles. The second-order valence-electron chi connectivity index (χ2n) is 5.99. The summed E-state index contributed by atoms with van der Waals surface area (Å²) in [6.07, 6.45) is 1.91. The van der Waals surface area contributed by atoms with E-state index in [1.807, 2.05) is 7.05 Å². The van der Waals surface area contributed by atoms with Crippen LogP contribution in [0.5, 0.6) is 0 Å². The van der Waals surface area contributed by atoms with Gasteiger partial charge in [-0.1, -0.05) is 12.1 Å². The lowest BCUT2D eigenvalue weighted by atomic mass is 10.0. The summed E-state index contributed by atoms with van der Waals surface area (Å²) in [4.78, 5) is 25.5. The molecule has 1 aromatic carbocycles. The Bertz CT molecular complexity index is 935. The molecule has 9 nitrogen and oxygen atoms in total. The van der Waals surface area contributed by atoms with Crippen molar-refractivity contribution in [3.63, 3.8) is 0 Å². The zero-order valence-corrected chi connectivity index (χ0v) is 15.9. The molecule has 4 N–H and O–H groups in total. The molecule has 0 bridgehead atoms. The molecule has 2 rings (SSSR count). The van der Waals surface area contributed by atoms with Gasteiger partial charge in [0, 0.05) is 30.9 Å². The molecule has 0 unspecified atom stereocenters. The van der Waals surface area contributed by atoms with Crippen molar-refractivity contribution in [2.75, 3.05) is 27.2 Å². The van der Waals surface area contributed by atoms with Gasteiger partial charge in [-0.05, 0) is 43.8 Å². The largest absolute Gasteiger partial charge is 0.477 e. The van der Waals surface area contributed by atoms with E-state index in [2.05, 4.69) is 5.32 Å². The van der Waals surface area contributed by atoms with Gasteiger partial charge in [0.25, 0.3) is 5.91 Å². The molecule has 146 valence electrons. The summed E-state index contributed by atoms with van der Waals surface area (Å²) in [6.45, 7) is 1.40. The first-order valence-electron chi connectivity index (χ1n) is 8.15. The molecule has 0 aliphatic heterocycles. The number of carboxylic acids is 1. The van der Waals surface area contributed by atoms with E-state index in [0.29, 0.717) is 21.6 Å². The Hall–Kier alpha value is -2.69. The van der Waals surface area contributed by atoms with E-state index in [-0.39, 0.29) is 11.5 Å². The van der Waals surface area contributed by atoms with Crippen molar-refractivity contribution in [1.29, 1.82) is 0 Å². The highest BCUT2D eigenvalue weighted by Crippen LogP contribution is 2.26. The average Bonchev–Trinajstić information content (AvgIpc) is 3.07. The highest BCUT2D eigenvalue weighted by atomic mass is 32.2. The van der Waals surface area contributed by atoms with Crippen LogP contribution in [0.3, 0.4) is 0 Å². The highest BCUT2D eigenvalue weighted by Gasteiger charge is 2.23. The molecule has 27 heavy (non-hydrogen) atoms. The van der Waals surface area contributed by atoms with Crippen LogP contribution >= 0.6 is 0 Å². The Morgan fingerprint density at radius 1 is 1.22 bits per heavy atom. The minimum Gasteiger partial charge on any atom is -0.477 e. The number of benzene rings is 1. The SMILES string of the molecule is CNCCCN(C)C(=O)c1ccc(-c2ccn(S(N)(=O)=O)c2C(=O)O)cc1. The average molecular weight is 394 g/mol. The lowest BCUT2D eigenvalue weighted by Gasteiger charge is -2.17. The summed E-state index contributed by atoms with van der Waals surface area (Å²) in [5, 5.41) is 17.4. The van der Waals surface area contributed by atoms with Crippen LogP contribution in [0.4, 0.5) is 0 Å². The summed E-state index contributed by atoms with van der Waals surface area (Å²) in [5.41, 5.74) is 0.649. The second-order valence-corrected chi connectivity index (χ2v) is 7.41. The highest BCUT2D eigenvalue weighted by molar-refractivity contribution is 7.87. The lowest BCUT2D eigenvalue weighted by Crippen LogP contribution is -2.29. The van der Waals surface area contributed by atoms with Gasteiger partial charge in [0.05, 0.1) is 0 Å². The molecule has 0 aliphatic carbocycles. The molecule has 0 spiro atoms. The van der Waals surface area contributed by atoms with E-state index in [1.54, 1.807) is 36.2 Å². The summed E-state index contributed by atoms with van der Waals surface area (Å²) in [7, 11) is -0.688. The van der Waals surface area contributed by atoms with Crippen LogP contribution in [-0.2, 0) is 10.2 Å². The number of hydrogen-bond acceptors (Lipinski definition) is 5. The van der Waals surface area contributed by atoms with Gasteiger partial charge in [-0.15, -0.1) is 0 Å². The van der Waals surface area contributed by atoms with E-state index in [4.69, 9.17) is 5.14 Å². The van der Waals surface area contributed by atoms with Crippen LogP contribution in [0.2, 0.25) is 0 Å². The molecule has 0 aliphatic rings. The first kappa shape index (κ1) is 20.6. The zero-order valence-electron chi connectivity index (χ0n) is 15.0. The number of amides is 1. The molecule has 0 radical (unpaired) electrons. The Morgan fingerprint density at radius 3 is 2.37 bits per heavy atom. The van der Waals surface area contributed by atoms with Gasteiger partial charge >= 0.3 is 16.2 Å². The van der Waals surface area contributed by atoms with Crippen LogP contribution in [0.1, 0.15) is 27.3 Å². The monoisotopic (exact) mass is 394 g/mol. The van der Waals surface area contributed by atoms with Gasteiger partial charge < -0.3 is 15.3 Å². The summed E-state index contributed by atoms with van der Waals surface area (Å²) >= 11 is 0. The van der Waals surface area contributed by atoms with Crippen LogP contribution in [0.25, 0.3) is 11.1 Å². The zero-order chi connectivity index (χ0) is 20.2. The van der Waals surface area contributed by atoms with Gasteiger partial charge in [-0.3, -0.25) is 4.79 Å². The molecular weight excluding hydrogens is 372 g/mol. The van der Waals surface area contributed by atoms with Crippen molar-refractivity contribution in [2.24, 2.45) is 5.14 Å². The first-order valence-corrected chi connectivity index (χ1v) is 9.65. The summed E-state index contributed by atoms with van der Waals surface area (Å²) in [5.74, 6) is -1.58. The Balaban J connectivity index is 2.29. The topological polar surface area (TPSA) is 135 Å². The van der Waals surface area contributed by atoms with Crippen LogP contribution < -0.4 is 10.5 Å². The van der Waals surface area contributed by atoms with E-state index in [0.717, 1.165) is 19.2 Å². The number of hydrogen-bond donors (Lipinski definition) is 3. The van der Waals surface area contributed by atoms with Crippen molar-refractivity contribution >= 4 is 22.1 Å². The van der Waals surface area contributed by atoms with E-state index in [9.17, 15) is 23.1 Å². The normalized spacial score (nSPS) is 11.4. The van der Waals surface area contributed by atoms with E-state index < -0.39 is 21.9 Å². The van der Waals surface area contributed by atoms with Crippen molar-refractivity contribution in [3.05, 3.63) is 47.8 Å². The molecule has 1 heterocycles. The summed E-state index contributed by atoms with van der Waals surface area (Å²) < 4.78 is 23.6. The molecule has 0 saturated heterocycles. The van der Waals surface area contributed by atoms with Gasteiger partial charge in [-0.2, -0.15) is 8.42 Å². The van der Waals surface area contributed by atoms with Crippen molar-refractivity contribution in [2.45, 2.75) is 6.42 Å². The maximum Gasteiger partial charge on any atom is 0.354 e. The number of carboxylic acid groups (broad SMARTS) is 1. The number of nitrogens with one attached hydrogen (secondary N) is 1. The molecule has 0 fully saturated rings. The molecule has 10 heteroatoms. The van der Waals surface area contributed by atoms with Crippen LogP contribution in [-0.4, -0.2) is 61.5 Å². The number of nitrogens with two attached hydrogens (primary N) is 1. The standard InChI is InChI=1S/C17H22N4O5S/c1-19-9-3-10-20(2)16(22)13-6-4-12(5-7-13)14-8-11-21(27(18,25)26)15(14)17(23)24/h4-8,11,19H,3,9-10H2,1-2H3,(H,23,24)(H2,18,25,26). The minimum absolute atomic E-state index is 0.154. The van der Waals surface area contributed by atoms with Crippen LogP contribution in [0, 0.1) is 0 Å². The van der Waals surface area contributed by atoms with Gasteiger partial charge in [0.15, 0.2) is 5.69 Å². The molecular formula is C17H22N4O5S. The molecule has 0 atom stereocenters. The lowest BCUT2D eigenvalue weighted by molar-refractivity contribution is 0.0689. The fraction of sp³-hybridized carbons (Fsp3) is 0.294. The predicted molar refractivity (Wildman–Crippen MR) is 101 cm³/mol. The molecule has 1 amide bonds. The third-order valence-corrected chi connectivity index (χ3v) is 4.89. The smallest absolute Gasteiger partial charge is 0.354 e. The fourth-order valence-electron chi connectivity index (χ4n) is 2.68. The predicted octanol–water partition coefficient (Wildman–Crippen LogP) is 0.586. The Labute approximate surface area is 157 Å². The third kappa shape index (κ3) is 4.73. The van der Waals surface area contributed by atoms with Gasteiger partial charge in [0.1, 0.15) is 0 Å². The number of aromatic carboxylic acids is 1. The number of aromatic nitrogens is 1. The number of carbonyl (C=O) groups excluding carboxylic acids is 1. The third-order valence-electron chi connectivity index (χ3n) is 4.04. The van der Waals surface area contributed by atoms with E-state index in [1.165, 1.54) is 6.07 Å². The molecule has 2 aromatic rings. The maximum atomic E-state index is 12.4. The fourth-order valence-corrected chi connectivity index (χ4v) is 3.34. The van der Waals surface area contributed by atoms with Crippen molar-refractivity contribution in [1.82, 2.24) is 14.2 Å². The van der Waals surface area contributed by atoms with Crippen molar-refractivity contribution in [3.8, 4) is 11.1 Å². The quantitative estimate of drug-likeness (QED) is 0.561. The van der Waals surface area contributed by atoms with Crippen LogP contribution in [0.15, 0.2) is 36.5 Å². The van der Waals surface area contributed by atoms with Gasteiger partial charge in [0.2, 0.25) is 0 Å². The second kappa shape index (κ2) is 8.33. The van der Waals surface area contributed by atoms with Crippen molar-refractivity contribution < 1.29 is 23.1 Å². The van der Waals surface area contributed by atoms with E-state index >= 15 is 0 Å². The number of nitrogens with zero attached hydrogens (tertiary/aromatic N) is 2. The first-order chi connectivity index (χ1) is 12.7. The van der Waals surface area contributed by atoms with Gasteiger partial charge in [-0.25, -0.2) is 13.9 Å².